The Balaban J connectivity index is 2.32. The molecular weight excluding hydrogens is 292 g/mol. The van der Waals surface area contributed by atoms with Gasteiger partial charge >= 0.3 is 0 Å². The fourth-order valence-electron chi connectivity index (χ4n) is 2.93. The van der Waals surface area contributed by atoms with Gasteiger partial charge < -0.3 is 14.0 Å². The minimum absolute atomic E-state index is 0.0602. The van der Waals surface area contributed by atoms with E-state index in [1.54, 1.807) is 7.11 Å². The van der Waals surface area contributed by atoms with Gasteiger partial charge in [0.25, 0.3) is 0 Å². The fourth-order valence-corrected chi connectivity index (χ4v) is 3.07. The van der Waals surface area contributed by atoms with Gasteiger partial charge in [-0.3, -0.25) is 0 Å². The number of alkyl halides is 1. The summed E-state index contributed by atoms with van der Waals surface area (Å²) in [5.41, 5.74) is 1.15. The van der Waals surface area contributed by atoms with Gasteiger partial charge in [-0.25, -0.2) is 9.97 Å². The second kappa shape index (κ2) is 5.10. The van der Waals surface area contributed by atoms with Crippen LogP contribution in [0, 0.1) is 0 Å². The van der Waals surface area contributed by atoms with Crippen LogP contribution in [0.15, 0.2) is 6.33 Å². The zero-order valence-corrected chi connectivity index (χ0v) is 13.4. The highest BCUT2D eigenvalue weighted by molar-refractivity contribution is 6.20. The smallest absolute Gasteiger partial charge is 0.245 e. The molecule has 6 nitrogen and oxygen atoms in total. The number of rotatable bonds is 3. The van der Waals surface area contributed by atoms with Crippen LogP contribution in [0.4, 0.5) is 0 Å². The number of ether oxygens (including phenoxy) is 2. The van der Waals surface area contributed by atoms with Crippen molar-refractivity contribution in [2.75, 3.05) is 13.7 Å². The van der Waals surface area contributed by atoms with Crippen molar-refractivity contribution in [3.8, 4) is 5.88 Å². The number of hydrogen-bond donors (Lipinski definition) is 0. The zero-order valence-electron chi connectivity index (χ0n) is 12.6. The van der Waals surface area contributed by atoms with Crippen molar-refractivity contribution in [2.45, 2.75) is 44.2 Å². The van der Waals surface area contributed by atoms with Crippen LogP contribution in [0.1, 0.15) is 38.4 Å². The molecule has 0 aliphatic carbocycles. The molecule has 0 radical (unpaired) electrons. The monoisotopic (exact) mass is 310 g/mol. The van der Waals surface area contributed by atoms with Crippen LogP contribution in [0.2, 0.25) is 0 Å². The maximum atomic E-state index is 6.35. The molecule has 3 rings (SSSR count). The fraction of sp³-hybridized carbons (Fsp3) is 0.643. The van der Waals surface area contributed by atoms with E-state index in [1.807, 2.05) is 6.92 Å². The SMILES string of the molecule is COc1ncnc2c1nc(C(C)Cl)n2C1(C)CCOC1C. The van der Waals surface area contributed by atoms with Crippen molar-refractivity contribution in [1.82, 2.24) is 19.5 Å². The maximum Gasteiger partial charge on any atom is 0.245 e. The highest BCUT2D eigenvalue weighted by Gasteiger charge is 2.42. The van der Waals surface area contributed by atoms with Crippen LogP contribution >= 0.6 is 11.6 Å². The molecule has 0 bridgehead atoms. The van der Waals surface area contributed by atoms with Crippen LogP contribution in [0.5, 0.6) is 5.88 Å². The zero-order chi connectivity index (χ0) is 15.2. The number of hydrogen-bond acceptors (Lipinski definition) is 5. The van der Waals surface area contributed by atoms with Crippen molar-refractivity contribution < 1.29 is 9.47 Å². The van der Waals surface area contributed by atoms with Gasteiger partial charge in [0.2, 0.25) is 5.88 Å². The molecule has 1 fully saturated rings. The van der Waals surface area contributed by atoms with Gasteiger partial charge in [-0.2, -0.15) is 4.98 Å². The maximum absolute atomic E-state index is 6.35. The first-order chi connectivity index (χ1) is 9.99. The summed E-state index contributed by atoms with van der Waals surface area (Å²) in [6.07, 6.45) is 2.44. The largest absolute Gasteiger partial charge is 0.479 e. The lowest BCUT2D eigenvalue weighted by Gasteiger charge is -2.31. The summed E-state index contributed by atoms with van der Waals surface area (Å²) in [6.45, 7) is 6.85. The normalized spacial score (nSPS) is 27.2. The standard InChI is InChI=1S/C14H19ClN4O2/c1-8(15)11-18-10-12(16-7-17-13(10)20-4)19(11)14(3)5-6-21-9(14)2/h7-9H,5-6H2,1-4H3. The first-order valence-corrected chi connectivity index (χ1v) is 7.46. The third-order valence-corrected chi connectivity index (χ3v) is 4.54. The average molecular weight is 311 g/mol. The van der Waals surface area contributed by atoms with Crippen LogP contribution in [0.25, 0.3) is 11.2 Å². The first kappa shape index (κ1) is 14.5. The molecular formula is C14H19ClN4O2. The van der Waals surface area contributed by atoms with E-state index in [2.05, 4.69) is 33.4 Å². The Kier molecular flexibility index (Phi) is 3.53. The number of nitrogens with zero attached hydrogens (tertiary/aromatic N) is 4. The van der Waals surface area contributed by atoms with Crippen molar-refractivity contribution in [1.29, 1.82) is 0 Å². The summed E-state index contributed by atoms with van der Waals surface area (Å²) in [5, 5.41) is -0.242. The van der Waals surface area contributed by atoms with Gasteiger partial charge in [0.05, 0.1) is 24.1 Å². The third-order valence-electron chi connectivity index (χ3n) is 4.35. The van der Waals surface area contributed by atoms with Crippen LogP contribution in [-0.4, -0.2) is 39.3 Å². The highest BCUT2D eigenvalue weighted by Crippen LogP contribution is 2.39. The van der Waals surface area contributed by atoms with E-state index < -0.39 is 0 Å². The van der Waals surface area contributed by atoms with E-state index >= 15 is 0 Å². The summed E-state index contributed by atoms with van der Waals surface area (Å²) in [6, 6.07) is 0. The predicted octanol–water partition coefficient (Wildman–Crippen LogP) is 2.66. The van der Waals surface area contributed by atoms with Crippen molar-refractivity contribution in [2.24, 2.45) is 0 Å². The predicted molar refractivity (Wildman–Crippen MR) is 79.8 cm³/mol. The quantitative estimate of drug-likeness (QED) is 0.816. The van der Waals surface area contributed by atoms with Gasteiger partial charge in [-0.15, -0.1) is 11.6 Å². The summed E-state index contributed by atoms with van der Waals surface area (Å²) >= 11 is 6.35. The Morgan fingerprint density at radius 1 is 1.52 bits per heavy atom. The average Bonchev–Trinajstić information content (AvgIpc) is 3.00. The molecule has 3 atom stereocenters. The number of methoxy groups -OCH3 is 1. The summed E-state index contributed by atoms with van der Waals surface area (Å²) in [5.74, 6) is 1.23. The van der Waals surface area contributed by atoms with Gasteiger partial charge in [0, 0.05) is 6.61 Å². The van der Waals surface area contributed by atoms with E-state index in [4.69, 9.17) is 21.1 Å². The van der Waals surface area contributed by atoms with Gasteiger partial charge in [0.1, 0.15) is 12.2 Å². The second-order valence-electron chi connectivity index (χ2n) is 5.60. The van der Waals surface area contributed by atoms with Crippen molar-refractivity contribution in [3.05, 3.63) is 12.2 Å². The number of imidazole rings is 1. The van der Waals surface area contributed by atoms with Crippen LogP contribution in [0.3, 0.4) is 0 Å². The molecule has 0 aromatic carbocycles. The Morgan fingerprint density at radius 2 is 2.29 bits per heavy atom. The van der Waals surface area contributed by atoms with Gasteiger partial charge in [0.15, 0.2) is 11.2 Å². The van der Waals surface area contributed by atoms with Crippen molar-refractivity contribution >= 4 is 22.8 Å². The molecule has 0 saturated carbocycles. The summed E-state index contributed by atoms with van der Waals surface area (Å²) in [7, 11) is 1.58. The van der Waals surface area contributed by atoms with Crippen LogP contribution in [-0.2, 0) is 10.3 Å². The molecule has 114 valence electrons. The molecule has 7 heteroatoms. The molecule has 3 heterocycles. The van der Waals surface area contributed by atoms with E-state index in [-0.39, 0.29) is 17.0 Å². The molecule has 2 aromatic rings. The Bertz CT molecular complexity index is 672. The summed E-state index contributed by atoms with van der Waals surface area (Å²) < 4.78 is 13.2. The minimum Gasteiger partial charge on any atom is -0.479 e. The Labute approximate surface area is 128 Å². The molecule has 0 N–H and O–H groups in total. The number of aromatic nitrogens is 4. The molecule has 2 aromatic heterocycles. The second-order valence-corrected chi connectivity index (χ2v) is 6.25. The van der Waals surface area contributed by atoms with Gasteiger partial charge in [-0.05, 0) is 27.2 Å². The Hall–Kier alpha value is -1.40. The lowest BCUT2D eigenvalue weighted by atomic mass is 9.94. The molecule has 1 aliphatic heterocycles. The lowest BCUT2D eigenvalue weighted by Crippen LogP contribution is -2.38. The van der Waals surface area contributed by atoms with Crippen LogP contribution < -0.4 is 4.74 Å². The van der Waals surface area contributed by atoms with E-state index in [0.29, 0.717) is 11.4 Å². The number of fused-ring (bicyclic) bond motifs is 1. The topological polar surface area (TPSA) is 62.1 Å². The van der Waals surface area contributed by atoms with E-state index in [0.717, 1.165) is 24.5 Å². The van der Waals surface area contributed by atoms with Crippen molar-refractivity contribution in [3.63, 3.8) is 0 Å². The summed E-state index contributed by atoms with van der Waals surface area (Å²) in [4.78, 5) is 13.2. The van der Waals surface area contributed by atoms with E-state index in [9.17, 15) is 0 Å². The molecule has 1 aliphatic rings. The number of halogens is 1. The molecule has 0 amide bonds. The lowest BCUT2D eigenvalue weighted by molar-refractivity contribution is 0.0761. The minimum atomic E-state index is -0.242. The molecule has 0 spiro atoms. The van der Waals surface area contributed by atoms with E-state index in [1.165, 1.54) is 6.33 Å². The third kappa shape index (κ3) is 2.08. The van der Waals surface area contributed by atoms with Gasteiger partial charge in [-0.1, -0.05) is 0 Å². The Morgan fingerprint density at radius 3 is 2.86 bits per heavy atom. The first-order valence-electron chi connectivity index (χ1n) is 7.02. The molecule has 1 saturated heterocycles. The highest BCUT2D eigenvalue weighted by atomic mass is 35.5. The molecule has 21 heavy (non-hydrogen) atoms. The molecule has 3 unspecified atom stereocenters.